The topological polar surface area (TPSA) is 52.6 Å². The average Bonchev–Trinajstić information content (AvgIpc) is 2.70. The first-order valence-corrected chi connectivity index (χ1v) is 8.05. The summed E-state index contributed by atoms with van der Waals surface area (Å²) in [4.78, 5) is 0.361. The monoisotopic (exact) mass is 284 g/mol. The Morgan fingerprint density at radius 2 is 1.95 bits per heavy atom. The normalized spacial score (nSPS) is 24.3. The molecule has 1 aromatic carbocycles. The number of hydrogen-bond acceptors (Lipinski definition) is 4. The van der Waals surface area contributed by atoms with Crippen LogP contribution in [0, 0.1) is 5.92 Å². The Labute approximate surface area is 114 Å². The Morgan fingerprint density at radius 3 is 2.47 bits per heavy atom. The summed E-state index contributed by atoms with van der Waals surface area (Å²) in [6.45, 7) is 6.01. The highest BCUT2D eigenvalue weighted by Crippen LogP contribution is 2.28. The van der Waals surface area contributed by atoms with Crippen molar-refractivity contribution in [3.63, 3.8) is 0 Å². The van der Waals surface area contributed by atoms with Crippen LogP contribution in [-0.4, -0.2) is 32.7 Å². The van der Waals surface area contributed by atoms with E-state index in [4.69, 9.17) is 9.47 Å². The first-order chi connectivity index (χ1) is 8.80. The van der Waals surface area contributed by atoms with Gasteiger partial charge in [-0.15, -0.1) is 0 Å². The quantitative estimate of drug-likeness (QED) is 0.851. The third-order valence-electron chi connectivity index (χ3n) is 3.25. The first-order valence-electron chi connectivity index (χ1n) is 6.40. The molecular formula is C14H20O4S. The minimum atomic E-state index is -3.27. The highest BCUT2D eigenvalue weighted by molar-refractivity contribution is 7.91. The van der Waals surface area contributed by atoms with E-state index in [0.717, 1.165) is 0 Å². The highest BCUT2D eigenvalue weighted by atomic mass is 32.2. The van der Waals surface area contributed by atoms with E-state index in [1.165, 1.54) is 0 Å². The lowest BCUT2D eigenvalue weighted by molar-refractivity contribution is -0.142. The van der Waals surface area contributed by atoms with Crippen LogP contribution in [0.25, 0.3) is 0 Å². The molecular weight excluding hydrogens is 264 g/mol. The van der Waals surface area contributed by atoms with Crippen molar-refractivity contribution in [1.82, 2.24) is 0 Å². The maximum absolute atomic E-state index is 12.3. The predicted octanol–water partition coefficient (Wildman–Crippen LogP) is 2.25. The molecule has 1 aromatic rings. The Morgan fingerprint density at radius 1 is 1.32 bits per heavy atom. The van der Waals surface area contributed by atoms with Gasteiger partial charge in [0, 0.05) is 0 Å². The number of benzene rings is 1. The lowest BCUT2D eigenvalue weighted by atomic mass is 10.1. The van der Waals surface area contributed by atoms with Gasteiger partial charge in [-0.3, -0.25) is 0 Å². The third kappa shape index (κ3) is 3.55. The Kier molecular flexibility index (Phi) is 3.99. The smallest absolute Gasteiger partial charge is 0.178 e. The van der Waals surface area contributed by atoms with Crippen LogP contribution in [0.2, 0.25) is 0 Å². The molecule has 0 aliphatic carbocycles. The summed E-state index contributed by atoms with van der Waals surface area (Å²) in [5.41, 5.74) is 0. The number of sulfone groups is 1. The molecule has 0 aromatic heterocycles. The van der Waals surface area contributed by atoms with Crippen molar-refractivity contribution in [2.75, 3.05) is 12.4 Å². The maximum atomic E-state index is 12.3. The zero-order chi connectivity index (χ0) is 14.1. The van der Waals surface area contributed by atoms with Gasteiger partial charge in [0.1, 0.15) is 0 Å². The van der Waals surface area contributed by atoms with Gasteiger partial charge in [-0.2, -0.15) is 0 Å². The lowest BCUT2D eigenvalue weighted by Crippen LogP contribution is -2.29. The minimum Gasteiger partial charge on any atom is -0.348 e. The second-order valence-corrected chi connectivity index (χ2v) is 7.47. The molecule has 0 saturated carbocycles. The molecule has 19 heavy (non-hydrogen) atoms. The summed E-state index contributed by atoms with van der Waals surface area (Å²) in [5, 5.41) is 0. The van der Waals surface area contributed by atoms with Crippen LogP contribution in [0.5, 0.6) is 0 Å². The van der Waals surface area contributed by atoms with Crippen LogP contribution in [-0.2, 0) is 19.3 Å². The SMILES string of the molecule is C[C@H](CS(=O)(=O)c1ccccc1)[C@@H]1COC(C)(C)O1. The summed E-state index contributed by atoms with van der Waals surface area (Å²) in [6.07, 6.45) is -0.173. The Bertz CT molecular complexity index is 522. The largest absolute Gasteiger partial charge is 0.348 e. The number of hydrogen-bond donors (Lipinski definition) is 0. The summed E-state index contributed by atoms with van der Waals surface area (Å²) >= 11 is 0. The molecule has 0 amide bonds. The third-order valence-corrected chi connectivity index (χ3v) is 5.20. The fraction of sp³-hybridized carbons (Fsp3) is 0.571. The van der Waals surface area contributed by atoms with Crippen molar-refractivity contribution in [3.05, 3.63) is 30.3 Å². The number of rotatable bonds is 4. The van der Waals surface area contributed by atoms with Crippen molar-refractivity contribution in [2.45, 2.75) is 37.6 Å². The van der Waals surface area contributed by atoms with E-state index in [1.807, 2.05) is 20.8 Å². The van der Waals surface area contributed by atoms with Gasteiger partial charge in [-0.1, -0.05) is 25.1 Å². The summed E-state index contributed by atoms with van der Waals surface area (Å²) in [7, 11) is -3.27. The van der Waals surface area contributed by atoms with E-state index in [-0.39, 0.29) is 17.8 Å². The van der Waals surface area contributed by atoms with Gasteiger partial charge in [0.15, 0.2) is 15.6 Å². The van der Waals surface area contributed by atoms with E-state index in [2.05, 4.69) is 0 Å². The van der Waals surface area contributed by atoms with Crippen LogP contribution in [0.4, 0.5) is 0 Å². The van der Waals surface area contributed by atoms with Gasteiger partial charge >= 0.3 is 0 Å². The molecule has 0 spiro atoms. The van der Waals surface area contributed by atoms with E-state index >= 15 is 0 Å². The molecule has 0 radical (unpaired) electrons. The van der Waals surface area contributed by atoms with Crippen molar-refractivity contribution >= 4 is 9.84 Å². The van der Waals surface area contributed by atoms with Crippen LogP contribution in [0.1, 0.15) is 20.8 Å². The average molecular weight is 284 g/mol. The van der Waals surface area contributed by atoms with Gasteiger partial charge in [-0.05, 0) is 31.9 Å². The van der Waals surface area contributed by atoms with Gasteiger partial charge < -0.3 is 9.47 Å². The molecule has 2 atom stereocenters. The Hall–Kier alpha value is -0.910. The molecule has 2 rings (SSSR count). The summed E-state index contributed by atoms with van der Waals surface area (Å²) in [5.74, 6) is -0.650. The zero-order valence-corrected chi connectivity index (χ0v) is 12.3. The van der Waals surface area contributed by atoms with E-state index in [9.17, 15) is 8.42 Å². The fourth-order valence-electron chi connectivity index (χ4n) is 2.17. The second-order valence-electron chi connectivity index (χ2n) is 5.44. The van der Waals surface area contributed by atoms with Gasteiger partial charge in [0.25, 0.3) is 0 Å². The summed E-state index contributed by atoms with van der Waals surface area (Å²) in [6, 6.07) is 8.51. The zero-order valence-electron chi connectivity index (χ0n) is 11.5. The second kappa shape index (κ2) is 5.23. The molecule has 1 heterocycles. The first kappa shape index (κ1) is 14.5. The maximum Gasteiger partial charge on any atom is 0.178 e. The van der Waals surface area contributed by atoms with Crippen LogP contribution in [0.15, 0.2) is 35.2 Å². The molecule has 1 aliphatic heterocycles. The molecule has 0 bridgehead atoms. The van der Waals surface area contributed by atoms with Crippen molar-refractivity contribution in [3.8, 4) is 0 Å². The van der Waals surface area contributed by atoms with Gasteiger partial charge in [0.2, 0.25) is 0 Å². The van der Waals surface area contributed by atoms with Gasteiger partial charge in [0.05, 0.1) is 23.4 Å². The Balaban J connectivity index is 2.05. The lowest BCUT2D eigenvalue weighted by Gasteiger charge is -2.21. The van der Waals surface area contributed by atoms with Crippen molar-refractivity contribution < 1.29 is 17.9 Å². The van der Waals surface area contributed by atoms with Gasteiger partial charge in [-0.25, -0.2) is 8.42 Å². The van der Waals surface area contributed by atoms with E-state index < -0.39 is 15.6 Å². The molecule has 1 fully saturated rings. The van der Waals surface area contributed by atoms with Crippen LogP contribution < -0.4 is 0 Å². The standard InChI is InChI=1S/C14H20O4S/c1-11(13-9-17-14(2,3)18-13)10-19(15,16)12-7-5-4-6-8-12/h4-8,11,13H,9-10H2,1-3H3/t11-,13+/m1/s1. The highest BCUT2D eigenvalue weighted by Gasteiger charge is 2.37. The molecule has 5 heteroatoms. The summed E-state index contributed by atoms with van der Waals surface area (Å²) < 4.78 is 35.7. The molecule has 0 unspecified atom stereocenters. The van der Waals surface area contributed by atoms with Crippen LogP contribution in [0.3, 0.4) is 0 Å². The fourth-order valence-corrected chi connectivity index (χ4v) is 3.84. The van der Waals surface area contributed by atoms with E-state index in [0.29, 0.717) is 11.5 Å². The molecule has 106 valence electrons. The molecule has 0 N–H and O–H groups in total. The van der Waals surface area contributed by atoms with Crippen LogP contribution >= 0.6 is 0 Å². The van der Waals surface area contributed by atoms with E-state index in [1.54, 1.807) is 30.3 Å². The molecule has 4 nitrogen and oxygen atoms in total. The van der Waals surface area contributed by atoms with Crippen molar-refractivity contribution in [2.24, 2.45) is 5.92 Å². The molecule has 1 saturated heterocycles. The minimum absolute atomic E-state index is 0.0706. The number of ether oxygens (including phenoxy) is 2. The van der Waals surface area contributed by atoms with Crippen molar-refractivity contribution in [1.29, 1.82) is 0 Å². The molecule has 1 aliphatic rings. The predicted molar refractivity (Wildman–Crippen MR) is 72.6 cm³/mol.